The summed E-state index contributed by atoms with van der Waals surface area (Å²) < 4.78 is 22.0. The third-order valence-electron chi connectivity index (χ3n) is 6.50. The van der Waals surface area contributed by atoms with Gasteiger partial charge >= 0.3 is 5.91 Å². The molecule has 0 radical (unpaired) electrons. The van der Waals surface area contributed by atoms with Crippen molar-refractivity contribution in [3.63, 3.8) is 0 Å². The number of fused-ring (bicyclic) bond motifs is 2. The number of anilines is 1. The third kappa shape index (κ3) is 3.69. The molecule has 10 nitrogen and oxygen atoms in total. The van der Waals surface area contributed by atoms with Gasteiger partial charge in [0.1, 0.15) is 5.76 Å². The van der Waals surface area contributed by atoms with Crippen LogP contribution in [0.2, 0.25) is 0 Å². The summed E-state index contributed by atoms with van der Waals surface area (Å²) in [5.74, 6) is 0.0377. The van der Waals surface area contributed by atoms with E-state index in [0.717, 1.165) is 0 Å². The highest BCUT2D eigenvalue weighted by Gasteiger charge is 2.48. The van der Waals surface area contributed by atoms with Crippen LogP contribution in [0.15, 0.2) is 66.2 Å². The highest BCUT2D eigenvalue weighted by atomic mass is 16.7. The van der Waals surface area contributed by atoms with E-state index in [0.29, 0.717) is 51.8 Å². The number of para-hydroxylation sites is 2. The summed E-state index contributed by atoms with van der Waals surface area (Å²) in [6, 6.07) is 16.2. The summed E-state index contributed by atoms with van der Waals surface area (Å²) in [4.78, 5) is 36.0. The van der Waals surface area contributed by atoms with Crippen LogP contribution in [-0.2, 0) is 9.59 Å². The molecule has 0 saturated carbocycles. The number of hydrogen-bond acceptors (Lipinski definition) is 8. The average Bonchev–Trinajstić information content (AvgIpc) is 3.64. The number of carbonyl (C=O) groups is 2. The number of amides is 1. The van der Waals surface area contributed by atoms with E-state index in [1.165, 1.54) is 12.0 Å². The summed E-state index contributed by atoms with van der Waals surface area (Å²) in [5, 5.41) is 11.4. The van der Waals surface area contributed by atoms with Crippen molar-refractivity contribution in [1.29, 1.82) is 0 Å². The summed E-state index contributed by atoms with van der Waals surface area (Å²) in [6.45, 7) is 2.27. The Morgan fingerprint density at radius 1 is 1.08 bits per heavy atom. The lowest BCUT2D eigenvalue weighted by Crippen LogP contribution is -2.30. The number of methoxy groups -OCH3 is 1. The van der Waals surface area contributed by atoms with Crippen molar-refractivity contribution in [2.24, 2.45) is 0 Å². The Labute approximate surface area is 217 Å². The molecule has 6 rings (SSSR count). The zero-order valence-electron chi connectivity index (χ0n) is 20.6. The first-order valence-corrected chi connectivity index (χ1v) is 12.0. The fourth-order valence-corrected chi connectivity index (χ4v) is 4.75. The van der Waals surface area contributed by atoms with Gasteiger partial charge in [0.2, 0.25) is 12.7 Å². The topological polar surface area (TPSA) is 123 Å². The molecule has 1 aromatic heterocycles. The Bertz CT molecular complexity index is 1590. The largest absolute Gasteiger partial charge is 0.507 e. The van der Waals surface area contributed by atoms with Crippen molar-refractivity contribution in [1.82, 2.24) is 9.97 Å². The van der Waals surface area contributed by atoms with E-state index < -0.39 is 17.7 Å². The normalized spacial score (nSPS) is 17.8. The number of aliphatic hydroxyl groups is 1. The fourth-order valence-electron chi connectivity index (χ4n) is 4.75. The van der Waals surface area contributed by atoms with Crippen LogP contribution in [0.25, 0.3) is 16.8 Å². The number of rotatable bonds is 6. The molecule has 4 aromatic rings. The highest BCUT2D eigenvalue weighted by molar-refractivity contribution is 6.51. The van der Waals surface area contributed by atoms with E-state index in [2.05, 4.69) is 9.97 Å². The molecule has 3 heterocycles. The maximum absolute atomic E-state index is 13.5. The number of aromatic amines is 1. The molecule has 2 aliphatic rings. The first-order chi connectivity index (χ1) is 18.5. The fraction of sp³-hybridized carbons (Fsp3) is 0.179. The summed E-state index contributed by atoms with van der Waals surface area (Å²) in [7, 11) is 1.53. The molecular formula is C28H23N3O7. The lowest BCUT2D eigenvalue weighted by Gasteiger charge is -2.24. The number of ether oxygens (including phenoxy) is 4. The number of nitrogens with zero attached hydrogens (tertiary/aromatic N) is 2. The van der Waals surface area contributed by atoms with Crippen LogP contribution in [-0.4, -0.2) is 47.3 Å². The number of aromatic nitrogens is 2. The smallest absolute Gasteiger partial charge is 0.302 e. The van der Waals surface area contributed by atoms with Crippen LogP contribution in [0.3, 0.4) is 0 Å². The van der Waals surface area contributed by atoms with Gasteiger partial charge in [-0.3, -0.25) is 14.5 Å². The molecular weight excluding hydrogens is 490 g/mol. The van der Waals surface area contributed by atoms with Gasteiger partial charge in [-0.2, -0.15) is 0 Å². The van der Waals surface area contributed by atoms with E-state index in [4.69, 9.17) is 18.9 Å². The molecule has 1 unspecified atom stereocenters. The van der Waals surface area contributed by atoms with Gasteiger partial charge in [-0.25, -0.2) is 4.98 Å². The molecule has 38 heavy (non-hydrogen) atoms. The summed E-state index contributed by atoms with van der Waals surface area (Å²) in [5.41, 5.74) is 2.06. The second kappa shape index (κ2) is 9.15. The summed E-state index contributed by atoms with van der Waals surface area (Å²) >= 11 is 0. The highest BCUT2D eigenvalue weighted by Crippen LogP contribution is 2.44. The number of carbonyl (C=O) groups excluding carboxylic acids is 2. The van der Waals surface area contributed by atoms with E-state index in [9.17, 15) is 14.7 Å². The molecule has 1 amide bonds. The lowest BCUT2D eigenvalue weighted by molar-refractivity contribution is -0.132. The molecule has 1 saturated heterocycles. The monoisotopic (exact) mass is 513 g/mol. The molecule has 10 heteroatoms. The second-order valence-corrected chi connectivity index (χ2v) is 8.66. The minimum absolute atomic E-state index is 0.0576. The van der Waals surface area contributed by atoms with Gasteiger partial charge < -0.3 is 29.0 Å². The van der Waals surface area contributed by atoms with Gasteiger partial charge in [-0.1, -0.05) is 18.2 Å². The Morgan fingerprint density at radius 2 is 1.89 bits per heavy atom. The van der Waals surface area contributed by atoms with Crippen molar-refractivity contribution in [3.8, 4) is 23.0 Å². The van der Waals surface area contributed by atoms with Crippen LogP contribution < -0.4 is 23.8 Å². The lowest BCUT2D eigenvalue weighted by atomic mass is 9.95. The molecule has 1 atom stereocenters. The standard InChI is InChI=1S/C28H23N3O7/c1-3-36-21-12-15(8-10-19(21)35-2)24-23(25(32)16-9-11-20-22(13-16)38-14-37-20)26(33)27(34)31(24)28-29-17-6-4-5-7-18(17)30-28/h4-13,24,32H,3,14H2,1-2H3,(H,29,30)/b25-23+. The van der Waals surface area contributed by atoms with Crippen LogP contribution in [0.4, 0.5) is 5.95 Å². The SMILES string of the molecule is CCOc1cc(C2/C(=C(\O)c3ccc4c(c3)OCO4)C(=O)C(=O)N2c2nc3ccccc3[nH]2)ccc1OC. The van der Waals surface area contributed by atoms with Crippen LogP contribution in [0.5, 0.6) is 23.0 Å². The van der Waals surface area contributed by atoms with Crippen LogP contribution >= 0.6 is 0 Å². The predicted octanol–water partition coefficient (Wildman–Crippen LogP) is 4.33. The van der Waals surface area contributed by atoms with Gasteiger partial charge in [-0.05, 0) is 55.0 Å². The van der Waals surface area contributed by atoms with Crippen molar-refractivity contribution < 1.29 is 33.6 Å². The number of benzene rings is 3. The molecule has 3 aromatic carbocycles. The van der Waals surface area contributed by atoms with E-state index in [1.807, 2.05) is 25.1 Å². The molecule has 0 spiro atoms. The van der Waals surface area contributed by atoms with Gasteiger partial charge in [-0.15, -0.1) is 0 Å². The molecule has 0 bridgehead atoms. The first kappa shape index (κ1) is 23.4. The van der Waals surface area contributed by atoms with Gasteiger partial charge in [0.25, 0.3) is 5.78 Å². The second-order valence-electron chi connectivity index (χ2n) is 8.66. The molecule has 2 N–H and O–H groups in total. The van der Waals surface area contributed by atoms with Gasteiger partial charge in [0, 0.05) is 5.56 Å². The zero-order chi connectivity index (χ0) is 26.4. The van der Waals surface area contributed by atoms with E-state index in [-0.39, 0.29) is 24.1 Å². The number of hydrogen-bond donors (Lipinski definition) is 2. The van der Waals surface area contributed by atoms with E-state index >= 15 is 0 Å². The number of aliphatic hydroxyl groups excluding tert-OH is 1. The Hall–Kier alpha value is -4.99. The number of Topliss-reactive ketones (excluding diaryl/α,β-unsaturated/α-hetero) is 1. The van der Waals surface area contributed by atoms with Crippen LogP contribution in [0, 0.1) is 0 Å². The Morgan fingerprint density at radius 3 is 2.68 bits per heavy atom. The maximum atomic E-state index is 13.5. The Balaban J connectivity index is 1.56. The van der Waals surface area contributed by atoms with Gasteiger partial charge in [0.15, 0.2) is 23.0 Å². The molecule has 0 aliphatic carbocycles. The predicted molar refractivity (Wildman–Crippen MR) is 138 cm³/mol. The van der Waals surface area contributed by atoms with Crippen molar-refractivity contribution in [2.45, 2.75) is 13.0 Å². The molecule has 1 fully saturated rings. The number of imidazole rings is 1. The quantitative estimate of drug-likeness (QED) is 0.222. The van der Waals surface area contributed by atoms with Crippen LogP contribution in [0.1, 0.15) is 24.1 Å². The molecule has 2 aliphatic heterocycles. The maximum Gasteiger partial charge on any atom is 0.302 e. The number of nitrogens with one attached hydrogen (secondary N) is 1. The Kier molecular flexibility index (Phi) is 5.64. The molecule has 192 valence electrons. The van der Waals surface area contributed by atoms with Crippen molar-refractivity contribution in [3.05, 3.63) is 77.4 Å². The average molecular weight is 514 g/mol. The van der Waals surface area contributed by atoms with E-state index in [1.54, 1.807) is 42.5 Å². The van der Waals surface area contributed by atoms with Gasteiger partial charge in [0.05, 0.1) is 36.4 Å². The minimum atomic E-state index is -1.01. The van der Waals surface area contributed by atoms with Crippen molar-refractivity contribution in [2.75, 3.05) is 25.4 Å². The third-order valence-corrected chi connectivity index (χ3v) is 6.50. The minimum Gasteiger partial charge on any atom is -0.507 e. The first-order valence-electron chi connectivity index (χ1n) is 12.0. The summed E-state index contributed by atoms with van der Waals surface area (Å²) in [6.07, 6.45) is 0. The number of ketones is 1. The zero-order valence-corrected chi connectivity index (χ0v) is 20.6. The van der Waals surface area contributed by atoms with Crippen molar-refractivity contribution >= 4 is 34.4 Å². The number of H-pyrrole nitrogens is 1.